The molecule has 0 bridgehead atoms. The molecule has 1 aromatic carbocycles. The van der Waals surface area contributed by atoms with E-state index in [-0.39, 0.29) is 12.4 Å². The van der Waals surface area contributed by atoms with Gasteiger partial charge in [0, 0.05) is 11.1 Å². The van der Waals surface area contributed by atoms with Crippen molar-refractivity contribution in [1.29, 1.82) is 0 Å². The van der Waals surface area contributed by atoms with E-state index in [2.05, 4.69) is 0 Å². The van der Waals surface area contributed by atoms with Crippen LogP contribution in [0.2, 0.25) is 0 Å². The molecule has 0 unspecified atom stereocenters. The van der Waals surface area contributed by atoms with E-state index in [1.165, 1.54) is 0 Å². The maximum atomic E-state index is 11.3. The molecular formula is C14H14N2O4. The number of hydrazine groups is 1. The van der Waals surface area contributed by atoms with E-state index in [0.717, 1.165) is 11.8 Å². The highest BCUT2D eigenvalue weighted by Gasteiger charge is 2.13. The van der Waals surface area contributed by atoms with E-state index < -0.39 is 5.91 Å². The Morgan fingerprint density at radius 2 is 2.10 bits per heavy atom. The number of aryl methyl sites for hydroxylation is 1. The summed E-state index contributed by atoms with van der Waals surface area (Å²) in [5, 5.41) is 0. The quantitative estimate of drug-likeness (QED) is 0.373. The van der Waals surface area contributed by atoms with Crippen LogP contribution in [0.3, 0.4) is 0 Å². The molecule has 2 rings (SSSR count). The van der Waals surface area contributed by atoms with Crippen LogP contribution in [-0.2, 0) is 6.61 Å². The average molecular weight is 274 g/mol. The molecule has 0 aliphatic carbocycles. The zero-order valence-electron chi connectivity index (χ0n) is 10.9. The predicted molar refractivity (Wildman–Crippen MR) is 71.3 cm³/mol. The van der Waals surface area contributed by atoms with Gasteiger partial charge in [0.2, 0.25) is 0 Å². The van der Waals surface area contributed by atoms with Gasteiger partial charge in [0.25, 0.3) is 0 Å². The monoisotopic (exact) mass is 274 g/mol. The van der Waals surface area contributed by atoms with Crippen molar-refractivity contribution in [2.45, 2.75) is 13.5 Å². The number of nitrogens with one attached hydrogen (secondary N) is 1. The molecule has 0 atom stereocenters. The first kappa shape index (κ1) is 13.8. The van der Waals surface area contributed by atoms with Crippen molar-refractivity contribution in [1.82, 2.24) is 5.43 Å². The minimum atomic E-state index is -0.491. The van der Waals surface area contributed by atoms with Crippen LogP contribution in [0, 0.1) is 6.92 Å². The Kier molecular flexibility index (Phi) is 4.17. The van der Waals surface area contributed by atoms with Crippen molar-refractivity contribution in [2.75, 3.05) is 0 Å². The number of amides is 1. The van der Waals surface area contributed by atoms with Gasteiger partial charge >= 0.3 is 5.91 Å². The third kappa shape index (κ3) is 3.04. The summed E-state index contributed by atoms with van der Waals surface area (Å²) < 4.78 is 10.8. The van der Waals surface area contributed by atoms with Gasteiger partial charge in [-0.05, 0) is 37.3 Å². The Hall–Kier alpha value is -2.60. The second kappa shape index (κ2) is 6.03. The van der Waals surface area contributed by atoms with Crippen molar-refractivity contribution >= 4 is 12.2 Å². The van der Waals surface area contributed by atoms with Crippen molar-refractivity contribution in [3.63, 3.8) is 0 Å². The van der Waals surface area contributed by atoms with E-state index in [9.17, 15) is 9.59 Å². The van der Waals surface area contributed by atoms with Gasteiger partial charge in [-0.3, -0.25) is 15.0 Å². The lowest BCUT2D eigenvalue weighted by molar-refractivity contribution is 0.0924. The number of hydrogen-bond donors (Lipinski definition) is 2. The number of ether oxygens (including phenoxy) is 1. The molecule has 1 heterocycles. The fraction of sp³-hybridized carbons (Fsp3) is 0.143. The highest BCUT2D eigenvalue weighted by atomic mass is 16.5. The summed E-state index contributed by atoms with van der Waals surface area (Å²) in [5.41, 5.74) is 3.34. The Labute approximate surface area is 115 Å². The zero-order chi connectivity index (χ0) is 14.5. The SMILES string of the molecule is Cc1oc(C(=O)NN)cc1COc1ccc(C=O)cc1. The highest BCUT2D eigenvalue weighted by molar-refractivity contribution is 5.91. The standard InChI is InChI=1S/C14H14N2O4/c1-9-11(6-13(20-9)14(18)16-15)8-19-12-4-2-10(7-17)3-5-12/h2-7H,8,15H2,1H3,(H,16,18). The van der Waals surface area contributed by atoms with E-state index in [0.29, 0.717) is 17.1 Å². The van der Waals surface area contributed by atoms with E-state index in [4.69, 9.17) is 15.0 Å². The zero-order valence-corrected chi connectivity index (χ0v) is 10.9. The largest absolute Gasteiger partial charge is 0.489 e. The van der Waals surface area contributed by atoms with Crippen LogP contribution >= 0.6 is 0 Å². The topological polar surface area (TPSA) is 94.6 Å². The predicted octanol–water partition coefficient (Wildman–Crippen LogP) is 1.58. The van der Waals surface area contributed by atoms with Crippen LogP contribution in [0.25, 0.3) is 0 Å². The lowest BCUT2D eigenvalue weighted by Crippen LogP contribution is -2.29. The lowest BCUT2D eigenvalue weighted by Gasteiger charge is -2.04. The summed E-state index contributed by atoms with van der Waals surface area (Å²) in [6, 6.07) is 8.31. The molecule has 2 aromatic rings. The molecule has 1 aromatic heterocycles. The van der Waals surface area contributed by atoms with Crippen molar-refractivity contribution in [3.8, 4) is 5.75 Å². The van der Waals surface area contributed by atoms with Gasteiger partial charge in [0.15, 0.2) is 5.76 Å². The van der Waals surface area contributed by atoms with Crippen molar-refractivity contribution in [2.24, 2.45) is 5.84 Å². The first-order valence-corrected chi connectivity index (χ1v) is 5.92. The van der Waals surface area contributed by atoms with Crippen LogP contribution in [-0.4, -0.2) is 12.2 Å². The minimum absolute atomic E-state index is 0.139. The molecule has 0 radical (unpaired) electrons. The summed E-state index contributed by atoms with van der Waals surface area (Å²) in [6.07, 6.45) is 0.766. The number of aldehydes is 1. The average Bonchev–Trinajstić information content (AvgIpc) is 2.86. The molecule has 0 spiro atoms. The maximum absolute atomic E-state index is 11.3. The van der Waals surface area contributed by atoms with Crippen LogP contribution < -0.4 is 16.0 Å². The number of furan rings is 1. The normalized spacial score (nSPS) is 10.1. The van der Waals surface area contributed by atoms with E-state index >= 15 is 0 Å². The summed E-state index contributed by atoms with van der Waals surface area (Å²) in [6.45, 7) is 2.00. The second-order valence-electron chi connectivity index (χ2n) is 4.14. The van der Waals surface area contributed by atoms with Crippen molar-refractivity contribution in [3.05, 3.63) is 53.0 Å². The van der Waals surface area contributed by atoms with Crippen LogP contribution in [0.1, 0.15) is 32.2 Å². The Balaban J connectivity index is 2.04. The number of hydrogen-bond acceptors (Lipinski definition) is 5. The number of carbonyl (C=O) groups excluding carboxylic acids is 2. The van der Waals surface area contributed by atoms with Crippen LogP contribution in [0.4, 0.5) is 0 Å². The van der Waals surface area contributed by atoms with E-state index in [1.807, 2.05) is 5.43 Å². The maximum Gasteiger partial charge on any atom is 0.300 e. The molecule has 20 heavy (non-hydrogen) atoms. The highest BCUT2D eigenvalue weighted by Crippen LogP contribution is 2.18. The third-order valence-electron chi connectivity index (χ3n) is 2.79. The number of nitrogens with two attached hydrogens (primary N) is 1. The molecule has 1 amide bonds. The Morgan fingerprint density at radius 3 is 2.70 bits per heavy atom. The van der Waals surface area contributed by atoms with Gasteiger partial charge in [0.1, 0.15) is 24.4 Å². The smallest absolute Gasteiger partial charge is 0.300 e. The first-order valence-electron chi connectivity index (χ1n) is 5.92. The minimum Gasteiger partial charge on any atom is -0.489 e. The van der Waals surface area contributed by atoms with Gasteiger partial charge in [-0.2, -0.15) is 0 Å². The number of benzene rings is 1. The first-order chi connectivity index (χ1) is 9.63. The van der Waals surface area contributed by atoms with Crippen LogP contribution in [0.15, 0.2) is 34.7 Å². The Morgan fingerprint density at radius 1 is 1.40 bits per heavy atom. The van der Waals surface area contributed by atoms with Gasteiger partial charge in [-0.1, -0.05) is 0 Å². The van der Waals surface area contributed by atoms with Gasteiger partial charge in [-0.25, -0.2) is 5.84 Å². The number of carbonyl (C=O) groups is 2. The summed E-state index contributed by atoms with van der Waals surface area (Å²) >= 11 is 0. The summed E-state index contributed by atoms with van der Waals surface area (Å²) in [7, 11) is 0. The van der Waals surface area contributed by atoms with Gasteiger partial charge in [-0.15, -0.1) is 0 Å². The molecule has 0 saturated heterocycles. The molecule has 6 heteroatoms. The lowest BCUT2D eigenvalue weighted by atomic mass is 10.2. The molecular weight excluding hydrogens is 260 g/mol. The molecule has 0 fully saturated rings. The number of rotatable bonds is 5. The fourth-order valence-electron chi connectivity index (χ4n) is 1.65. The molecule has 3 N–H and O–H groups in total. The van der Waals surface area contributed by atoms with Crippen molar-refractivity contribution < 1.29 is 18.7 Å². The summed E-state index contributed by atoms with van der Waals surface area (Å²) in [4.78, 5) is 21.9. The molecule has 6 nitrogen and oxygen atoms in total. The fourth-order valence-corrected chi connectivity index (χ4v) is 1.65. The second-order valence-corrected chi connectivity index (χ2v) is 4.14. The van der Waals surface area contributed by atoms with Gasteiger partial charge in [0.05, 0.1) is 0 Å². The van der Waals surface area contributed by atoms with Gasteiger partial charge < -0.3 is 9.15 Å². The van der Waals surface area contributed by atoms with E-state index in [1.54, 1.807) is 37.3 Å². The Bertz CT molecular complexity index is 617. The molecule has 0 aliphatic rings. The molecule has 0 aliphatic heterocycles. The molecule has 0 saturated carbocycles. The number of nitrogen functional groups attached to an aromatic ring is 1. The third-order valence-corrected chi connectivity index (χ3v) is 2.79. The van der Waals surface area contributed by atoms with Crippen LogP contribution in [0.5, 0.6) is 5.75 Å². The molecule has 104 valence electrons. The summed E-state index contributed by atoms with van der Waals surface area (Å²) in [5.74, 6) is 5.90.